The Morgan fingerprint density at radius 3 is 3.00 bits per heavy atom. The molecule has 1 spiro atoms. The fourth-order valence-corrected chi connectivity index (χ4v) is 3.80. The van der Waals surface area contributed by atoms with Crippen molar-refractivity contribution in [3.8, 4) is 0 Å². The van der Waals surface area contributed by atoms with Crippen molar-refractivity contribution < 1.29 is 14.3 Å². The molecular weight excluding hydrogens is 322 g/mol. The quantitative estimate of drug-likeness (QED) is 0.901. The van der Waals surface area contributed by atoms with Gasteiger partial charge in [0, 0.05) is 28.6 Å². The number of halogens is 1. The van der Waals surface area contributed by atoms with Crippen LogP contribution in [0, 0.1) is 0 Å². The molecule has 5 heteroatoms. The van der Waals surface area contributed by atoms with E-state index in [0.717, 1.165) is 28.6 Å². The van der Waals surface area contributed by atoms with Crippen LogP contribution in [0.15, 0.2) is 22.7 Å². The second kappa shape index (κ2) is 4.97. The molecule has 1 saturated heterocycles. The highest BCUT2D eigenvalue weighted by Gasteiger charge is 2.54. The van der Waals surface area contributed by atoms with E-state index in [1.807, 2.05) is 25.1 Å². The number of amides is 1. The number of fused-ring (bicyclic) bond motifs is 2. The standard InChI is InChI=1S/C15H16BrNO3/c1-2-4-10-7-9(18)8-15(20-10)13-11(16)5-3-6-12(13)17-14(15)19/h3,5-6,10H,2,4,7-8H2,1H3,(H,17,19)/t10-,15?/m1/s1. The summed E-state index contributed by atoms with van der Waals surface area (Å²) in [6, 6.07) is 5.57. The first-order valence-corrected chi connectivity index (χ1v) is 7.66. The zero-order valence-electron chi connectivity index (χ0n) is 11.2. The first kappa shape index (κ1) is 13.8. The lowest BCUT2D eigenvalue weighted by Gasteiger charge is -2.36. The molecule has 2 aliphatic heterocycles. The van der Waals surface area contributed by atoms with Crippen LogP contribution >= 0.6 is 15.9 Å². The minimum atomic E-state index is -1.15. The Hall–Kier alpha value is -1.20. The summed E-state index contributed by atoms with van der Waals surface area (Å²) < 4.78 is 6.91. The van der Waals surface area contributed by atoms with E-state index in [-0.39, 0.29) is 24.2 Å². The largest absolute Gasteiger partial charge is 0.356 e. The van der Waals surface area contributed by atoms with Gasteiger partial charge in [-0.3, -0.25) is 9.59 Å². The molecule has 0 aliphatic carbocycles. The summed E-state index contributed by atoms with van der Waals surface area (Å²) in [6.45, 7) is 2.05. The van der Waals surface area contributed by atoms with E-state index >= 15 is 0 Å². The summed E-state index contributed by atoms with van der Waals surface area (Å²) in [5.74, 6) is -0.137. The number of rotatable bonds is 2. The average molecular weight is 338 g/mol. The number of carbonyl (C=O) groups excluding carboxylic acids is 2. The number of hydrogen-bond donors (Lipinski definition) is 1. The molecule has 106 valence electrons. The number of anilines is 1. The van der Waals surface area contributed by atoms with E-state index in [2.05, 4.69) is 21.2 Å². The predicted octanol–water partition coefficient (Wildman–Crippen LogP) is 3.14. The van der Waals surface area contributed by atoms with Gasteiger partial charge in [0.25, 0.3) is 5.91 Å². The van der Waals surface area contributed by atoms with Crippen LogP contribution in [-0.2, 0) is 19.9 Å². The zero-order chi connectivity index (χ0) is 14.3. The lowest BCUT2D eigenvalue weighted by molar-refractivity contribution is -0.170. The number of ether oxygens (including phenoxy) is 1. The van der Waals surface area contributed by atoms with Crippen molar-refractivity contribution in [1.29, 1.82) is 0 Å². The lowest BCUT2D eigenvalue weighted by atomic mass is 9.84. The summed E-state index contributed by atoms with van der Waals surface area (Å²) >= 11 is 3.48. The predicted molar refractivity (Wildman–Crippen MR) is 78.5 cm³/mol. The summed E-state index contributed by atoms with van der Waals surface area (Å²) in [6.07, 6.45) is 2.07. The van der Waals surface area contributed by atoms with E-state index in [1.165, 1.54) is 0 Å². The molecule has 1 amide bonds. The summed E-state index contributed by atoms with van der Waals surface area (Å²) in [7, 11) is 0. The highest BCUT2D eigenvalue weighted by molar-refractivity contribution is 9.10. The van der Waals surface area contributed by atoms with Crippen LogP contribution in [-0.4, -0.2) is 17.8 Å². The van der Waals surface area contributed by atoms with Crippen molar-refractivity contribution in [2.75, 3.05) is 5.32 Å². The van der Waals surface area contributed by atoms with Crippen LogP contribution in [0.4, 0.5) is 5.69 Å². The summed E-state index contributed by atoms with van der Waals surface area (Å²) in [5, 5.41) is 2.84. The van der Waals surface area contributed by atoms with E-state index in [1.54, 1.807) is 0 Å². The van der Waals surface area contributed by atoms with Gasteiger partial charge in [-0.05, 0) is 18.6 Å². The third-order valence-corrected chi connectivity index (χ3v) is 4.57. The van der Waals surface area contributed by atoms with Crippen molar-refractivity contribution >= 4 is 33.3 Å². The van der Waals surface area contributed by atoms with Gasteiger partial charge in [0.15, 0.2) is 5.60 Å². The van der Waals surface area contributed by atoms with Crippen LogP contribution < -0.4 is 5.32 Å². The number of hydrogen-bond acceptors (Lipinski definition) is 3. The van der Waals surface area contributed by atoms with Gasteiger partial charge in [0.05, 0.1) is 6.10 Å². The highest BCUT2D eigenvalue weighted by atomic mass is 79.9. The van der Waals surface area contributed by atoms with Crippen LogP contribution in [0.25, 0.3) is 0 Å². The topological polar surface area (TPSA) is 55.4 Å². The van der Waals surface area contributed by atoms with Crippen molar-refractivity contribution in [1.82, 2.24) is 0 Å². The maximum Gasteiger partial charge on any atom is 0.261 e. The average Bonchev–Trinajstić information content (AvgIpc) is 2.63. The molecule has 0 aromatic heterocycles. The molecule has 1 fully saturated rings. The van der Waals surface area contributed by atoms with Gasteiger partial charge in [-0.25, -0.2) is 0 Å². The Balaban J connectivity index is 2.07. The minimum Gasteiger partial charge on any atom is -0.356 e. The molecule has 4 nitrogen and oxygen atoms in total. The van der Waals surface area contributed by atoms with Gasteiger partial charge in [0.1, 0.15) is 5.78 Å². The van der Waals surface area contributed by atoms with Gasteiger partial charge in [-0.2, -0.15) is 0 Å². The number of carbonyl (C=O) groups is 2. The maximum absolute atomic E-state index is 12.4. The SMILES string of the molecule is CCC[C@@H]1CC(=O)CC2(O1)C(=O)Nc1cccc(Br)c12. The second-order valence-electron chi connectivity index (χ2n) is 5.39. The maximum atomic E-state index is 12.4. The second-order valence-corrected chi connectivity index (χ2v) is 6.25. The molecule has 0 saturated carbocycles. The van der Waals surface area contributed by atoms with E-state index < -0.39 is 5.60 Å². The molecule has 0 radical (unpaired) electrons. The fraction of sp³-hybridized carbons (Fsp3) is 0.467. The van der Waals surface area contributed by atoms with Crippen molar-refractivity contribution in [2.24, 2.45) is 0 Å². The molecule has 1 unspecified atom stereocenters. The molecule has 0 bridgehead atoms. The van der Waals surface area contributed by atoms with Gasteiger partial charge in [0.2, 0.25) is 0 Å². The number of nitrogens with one attached hydrogen (secondary N) is 1. The van der Waals surface area contributed by atoms with Crippen LogP contribution in [0.2, 0.25) is 0 Å². The van der Waals surface area contributed by atoms with Gasteiger partial charge in [-0.1, -0.05) is 35.3 Å². The van der Waals surface area contributed by atoms with Crippen LogP contribution in [0.3, 0.4) is 0 Å². The summed E-state index contributed by atoms with van der Waals surface area (Å²) in [5.41, 5.74) is 0.346. The van der Waals surface area contributed by atoms with Gasteiger partial charge < -0.3 is 10.1 Å². The Kier molecular flexibility index (Phi) is 3.42. The van der Waals surface area contributed by atoms with Crippen molar-refractivity contribution in [3.05, 3.63) is 28.2 Å². The number of ketones is 1. The Labute approximate surface area is 126 Å². The molecule has 1 N–H and O–H groups in total. The van der Waals surface area contributed by atoms with Crippen molar-refractivity contribution in [2.45, 2.75) is 44.3 Å². The molecule has 1 aromatic carbocycles. The Morgan fingerprint density at radius 1 is 1.45 bits per heavy atom. The molecule has 2 atom stereocenters. The lowest BCUT2D eigenvalue weighted by Crippen LogP contribution is -2.47. The fourth-order valence-electron chi connectivity index (χ4n) is 3.11. The van der Waals surface area contributed by atoms with Gasteiger partial charge in [-0.15, -0.1) is 0 Å². The van der Waals surface area contributed by atoms with Crippen molar-refractivity contribution in [3.63, 3.8) is 0 Å². The normalized spacial score (nSPS) is 28.6. The first-order chi connectivity index (χ1) is 9.56. The Morgan fingerprint density at radius 2 is 2.25 bits per heavy atom. The molecular formula is C15H16BrNO3. The molecule has 3 rings (SSSR count). The van der Waals surface area contributed by atoms with E-state index in [0.29, 0.717) is 6.42 Å². The zero-order valence-corrected chi connectivity index (χ0v) is 12.8. The summed E-state index contributed by atoms with van der Waals surface area (Å²) in [4.78, 5) is 24.5. The molecule has 1 aromatic rings. The van der Waals surface area contributed by atoms with Crippen LogP contribution in [0.5, 0.6) is 0 Å². The van der Waals surface area contributed by atoms with Crippen LogP contribution in [0.1, 0.15) is 38.2 Å². The first-order valence-electron chi connectivity index (χ1n) is 6.87. The van der Waals surface area contributed by atoms with E-state index in [9.17, 15) is 9.59 Å². The van der Waals surface area contributed by atoms with Gasteiger partial charge >= 0.3 is 0 Å². The highest BCUT2D eigenvalue weighted by Crippen LogP contribution is 2.48. The monoisotopic (exact) mass is 337 g/mol. The molecule has 2 aliphatic rings. The molecule has 20 heavy (non-hydrogen) atoms. The molecule has 2 heterocycles. The minimum absolute atomic E-state index is 0.0912. The smallest absolute Gasteiger partial charge is 0.261 e. The third kappa shape index (κ3) is 2.00. The number of benzene rings is 1. The third-order valence-electron chi connectivity index (χ3n) is 3.91. The van der Waals surface area contributed by atoms with E-state index in [4.69, 9.17) is 4.74 Å². The Bertz CT molecular complexity index is 586. The number of Topliss-reactive ketones (excluding diaryl/α,β-unsaturated/α-hetero) is 1.